The predicted molar refractivity (Wildman–Crippen MR) is 217 cm³/mol. The number of nitrogens with zero attached hydrogens (tertiary/aromatic N) is 3. The van der Waals surface area contributed by atoms with E-state index in [9.17, 15) is 27.6 Å². The van der Waals surface area contributed by atoms with Crippen molar-refractivity contribution in [1.82, 2.24) is 25.6 Å². The number of carbonyl (C=O) groups excluding carboxylic acids is 3. The van der Waals surface area contributed by atoms with E-state index in [1.807, 2.05) is 54.6 Å². The van der Waals surface area contributed by atoms with Crippen LogP contribution in [0.5, 0.6) is 6.01 Å². The molecule has 0 aliphatic heterocycles. The Labute approximate surface area is 341 Å². The second-order valence-corrected chi connectivity index (χ2v) is 15.0. The number of carbonyl (C=O) groups is 3. The minimum absolute atomic E-state index is 0.00395. The standard InChI is InChI=1S/C42H39ClF4N8O4/c1-40(2,24-49-35(57)36(58)50-30-16-10-27(11-17-30)9-8-26-6-4-3-5-7-26)23-48-34(56)32-19-18-31(22-33(32)44)51-37-52-38(54-39(53-37)59-25-42(45,46)47)55-41(20-21-41)28-12-14-29(43)15-13-28/h3-19,22H,20-21,23-25H2,1-2H3,(H,48,56)(H,49,57)(H,50,58)(H2,51,52,53,54,55)/b9-8+. The van der Waals surface area contributed by atoms with Gasteiger partial charge in [-0.15, -0.1) is 0 Å². The molecule has 6 rings (SSSR count). The molecule has 0 saturated heterocycles. The second kappa shape index (κ2) is 17.9. The molecule has 0 bridgehead atoms. The molecular formula is C42H39ClF4N8O4. The molecule has 3 amide bonds. The van der Waals surface area contributed by atoms with E-state index < -0.39 is 53.3 Å². The van der Waals surface area contributed by atoms with Gasteiger partial charge in [-0.1, -0.05) is 92.2 Å². The Bertz CT molecular complexity index is 2320. The Morgan fingerprint density at radius 3 is 2.05 bits per heavy atom. The molecule has 59 heavy (non-hydrogen) atoms. The van der Waals surface area contributed by atoms with Crippen LogP contribution in [0.1, 0.15) is 53.7 Å². The van der Waals surface area contributed by atoms with Crippen molar-refractivity contribution < 1.29 is 36.7 Å². The lowest BCUT2D eigenvalue weighted by atomic mass is 9.93. The lowest BCUT2D eigenvalue weighted by molar-refractivity contribution is -0.154. The first kappa shape index (κ1) is 42.1. The number of nitrogens with one attached hydrogen (secondary N) is 5. The summed E-state index contributed by atoms with van der Waals surface area (Å²) in [6.45, 7) is 1.83. The summed E-state index contributed by atoms with van der Waals surface area (Å²) in [5.74, 6) is -3.74. The highest BCUT2D eigenvalue weighted by molar-refractivity contribution is 6.39. The Morgan fingerprint density at radius 2 is 1.41 bits per heavy atom. The van der Waals surface area contributed by atoms with Crippen LogP contribution >= 0.6 is 11.6 Å². The van der Waals surface area contributed by atoms with E-state index in [0.29, 0.717) is 23.6 Å². The van der Waals surface area contributed by atoms with E-state index in [1.54, 1.807) is 50.2 Å². The highest BCUT2D eigenvalue weighted by Gasteiger charge is 2.45. The van der Waals surface area contributed by atoms with Crippen LogP contribution in [0.15, 0.2) is 97.1 Å². The number of ether oxygens (including phenoxy) is 1. The number of aromatic nitrogens is 3. The van der Waals surface area contributed by atoms with Gasteiger partial charge in [-0.25, -0.2) is 4.39 Å². The number of benzene rings is 4. The number of anilines is 4. The predicted octanol–water partition coefficient (Wildman–Crippen LogP) is 8.13. The highest BCUT2D eigenvalue weighted by Crippen LogP contribution is 2.48. The van der Waals surface area contributed by atoms with Crippen molar-refractivity contribution in [2.45, 2.75) is 38.4 Å². The maximum atomic E-state index is 15.3. The fraction of sp³-hybridized carbons (Fsp3) is 0.238. The number of halogens is 5. The van der Waals surface area contributed by atoms with Gasteiger partial charge in [0.2, 0.25) is 11.9 Å². The van der Waals surface area contributed by atoms with Crippen LogP contribution in [0.3, 0.4) is 0 Å². The summed E-state index contributed by atoms with van der Waals surface area (Å²) in [7, 11) is 0. The number of hydrogen-bond acceptors (Lipinski definition) is 9. The lowest BCUT2D eigenvalue weighted by Crippen LogP contribution is -2.45. The molecule has 0 atom stereocenters. The molecule has 12 nitrogen and oxygen atoms in total. The van der Waals surface area contributed by atoms with Gasteiger partial charge in [0.05, 0.1) is 11.1 Å². The molecule has 306 valence electrons. The summed E-state index contributed by atoms with van der Waals surface area (Å²) >= 11 is 6.03. The first-order valence-electron chi connectivity index (χ1n) is 18.3. The number of alkyl halides is 3. The second-order valence-electron chi connectivity index (χ2n) is 14.6. The van der Waals surface area contributed by atoms with Crippen molar-refractivity contribution in [2.24, 2.45) is 5.41 Å². The van der Waals surface area contributed by atoms with Gasteiger partial charge in [-0.05, 0) is 77.4 Å². The van der Waals surface area contributed by atoms with Crippen molar-refractivity contribution in [3.8, 4) is 6.01 Å². The zero-order valence-electron chi connectivity index (χ0n) is 31.8. The smallest absolute Gasteiger partial charge is 0.422 e. The highest BCUT2D eigenvalue weighted by atomic mass is 35.5. The normalized spacial score (nSPS) is 13.3. The Kier molecular flexibility index (Phi) is 12.8. The third-order valence-electron chi connectivity index (χ3n) is 9.05. The van der Waals surface area contributed by atoms with Gasteiger partial charge in [0.25, 0.3) is 5.91 Å². The molecular weight excluding hydrogens is 792 g/mol. The average Bonchev–Trinajstić information content (AvgIpc) is 3.98. The molecule has 0 spiro atoms. The number of amides is 3. The van der Waals surface area contributed by atoms with Crippen LogP contribution in [-0.4, -0.2) is 58.5 Å². The number of hydrogen-bond donors (Lipinski definition) is 5. The van der Waals surface area contributed by atoms with Crippen LogP contribution in [0.25, 0.3) is 12.2 Å². The van der Waals surface area contributed by atoms with Crippen LogP contribution in [0.4, 0.5) is 40.8 Å². The first-order chi connectivity index (χ1) is 28.0. The van der Waals surface area contributed by atoms with Crippen molar-refractivity contribution in [3.63, 3.8) is 0 Å². The Hall–Kier alpha value is -6.55. The van der Waals surface area contributed by atoms with Crippen LogP contribution in [0.2, 0.25) is 5.02 Å². The number of rotatable bonds is 15. The summed E-state index contributed by atoms with van der Waals surface area (Å²) < 4.78 is 59.0. The summed E-state index contributed by atoms with van der Waals surface area (Å²) in [6, 6.07) is 26.7. The Balaban J connectivity index is 1.01. The monoisotopic (exact) mass is 830 g/mol. The molecule has 1 saturated carbocycles. The largest absolute Gasteiger partial charge is 0.454 e. The van der Waals surface area contributed by atoms with Crippen molar-refractivity contribution in [3.05, 3.63) is 130 Å². The van der Waals surface area contributed by atoms with Gasteiger partial charge < -0.3 is 31.3 Å². The van der Waals surface area contributed by atoms with Gasteiger partial charge in [-0.3, -0.25) is 14.4 Å². The molecule has 5 aromatic rings. The van der Waals surface area contributed by atoms with Crippen LogP contribution in [-0.2, 0) is 15.1 Å². The van der Waals surface area contributed by atoms with Crippen molar-refractivity contribution in [1.29, 1.82) is 0 Å². The summed E-state index contributed by atoms with van der Waals surface area (Å²) in [5, 5.41) is 14.2. The third kappa shape index (κ3) is 12.2. The molecule has 1 heterocycles. The fourth-order valence-electron chi connectivity index (χ4n) is 5.68. The van der Waals surface area contributed by atoms with Gasteiger partial charge >= 0.3 is 24.0 Å². The van der Waals surface area contributed by atoms with Crippen LogP contribution < -0.4 is 31.3 Å². The van der Waals surface area contributed by atoms with Gasteiger partial charge in [0.15, 0.2) is 6.61 Å². The first-order valence-corrected chi connectivity index (χ1v) is 18.7. The van der Waals surface area contributed by atoms with Crippen molar-refractivity contribution >= 4 is 64.7 Å². The Morgan fingerprint density at radius 1 is 0.780 bits per heavy atom. The zero-order chi connectivity index (χ0) is 42.2. The van der Waals surface area contributed by atoms with Gasteiger partial charge in [0, 0.05) is 29.5 Å². The third-order valence-corrected chi connectivity index (χ3v) is 9.30. The van der Waals surface area contributed by atoms with E-state index >= 15 is 4.39 Å². The van der Waals surface area contributed by atoms with E-state index in [0.717, 1.165) is 22.8 Å². The van der Waals surface area contributed by atoms with E-state index in [2.05, 4.69) is 41.5 Å². The summed E-state index contributed by atoms with van der Waals surface area (Å²) in [4.78, 5) is 50.3. The van der Waals surface area contributed by atoms with E-state index in [-0.39, 0.29) is 36.2 Å². The fourth-order valence-corrected chi connectivity index (χ4v) is 5.80. The minimum atomic E-state index is -4.66. The van der Waals surface area contributed by atoms with Gasteiger partial charge in [0.1, 0.15) is 5.82 Å². The topological polar surface area (TPSA) is 159 Å². The molecule has 0 unspecified atom stereocenters. The molecule has 17 heteroatoms. The summed E-state index contributed by atoms with van der Waals surface area (Å²) in [5.41, 5.74) is 1.68. The molecule has 1 aromatic heterocycles. The van der Waals surface area contributed by atoms with E-state index in [4.69, 9.17) is 16.3 Å². The van der Waals surface area contributed by atoms with Gasteiger partial charge in [-0.2, -0.15) is 28.1 Å². The quantitative estimate of drug-likeness (QED) is 0.0399. The van der Waals surface area contributed by atoms with E-state index in [1.165, 1.54) is 12.1 Å². The van der Waals surface area contributed by atoms with Crippen molar-refractivity contribution in [2.75, 3.05) is 35.6 Å². The maximum Gasteiger partial charge on any atom is 0.422 e. The van der Waals surface area contributed by atoms with Crippen LogP contribution in [0, 0.1) is 11.2 Å². The molecule has 5 N–H and O–H groups in total. The molecule has 1 aliphatic rings. The molecule has 1 fully saturated rings. The maximum absolute atomic E-state index is 15.3. The SMILES string of the molecule is CC(C)(CNC(=O)C(=O)Nc1ccc(/C=C/c2ccccc2)cc1)CNC(=O)c1ccc(Nc2nc(NC3(c4ccc(Cl)cc4)CC3)nc(OCC(F)(F)F)n2)cc1F. The lowest BCUT2D eigenvalue weighted by Gasteiger charge is -2.25. The molecule has 1 aliphatic carbocycles. The zero-order valence-corrected chi connectivity index (χ0v) is 32.5. The molecule has 0 radical (unpaired) electrons. The summed E-state index contributed by atoms with van der Waals surface area (Å²) in [6.07, 6.45) is 0.592. The molecule has 4 aromatic carbocycles. The average molecular weight is 831 g/mol. The minimum Gasteiger partial charge on any atom is -0.454 e.